The molecule has 0 aliphatic rings. The van der Waals surface area contributed by atoms with Crippen LogP contribution in [0.4, 0.5) is 23.5 Å². The molecule has 2 heterocycles. The predicted molar refractivity (Wildman–Crippen MR) is 98.1 cm³/mol. The molecule has 7 nitrogen and oxygen atoms in total. The summed E-state index contributed by atoms with van der Waals surface area (Å²) in [5, 5.41) is 7.64. The maximum atomic E-state index is 13.9. The Bertz CT molecular complexity index is 1060. The van der Waals surface area contributed by atoms with E-state index in [1.807, 2.05) is 0 Å². The second-order valence-corrected chi connectivity index (χ2v) is 5.98. The van der Waals surface area contributed by atoms with Crippen LogP contribution in [0.1, 0.15) is 17.0 Å². The normalized spacial score (nSPS) is 11.8. The summed E-state index contributed by atoms with van der Waals surface area (Å²) >= 11 is 0. The number of methoxy groups -OCH3 is 1. The van der Waals surface area contributed by atoms with Crippen molar-refractivity contribution in [2.45, 2.75) is 13.1 Å². The number of ether oxygens (including phenoxy) is 1. The van der Waals surface area contributed by atoms with E-state index in [0.717, 1.165) is 17.0 Å². The standard InChI is InChI=1S/C18H16F4N6O/c1-10-13(16(19)28(2)27-10)9-23-26-17-24-14(8-15(25-17)18(20,21)22)11-5-4-6-12(7-11)29-3/h4-9H,1-3H3,(H,24,25,26)/b23-9+. The largest absolute Gasteiger partial charge is 0.497 e. The van der Waals surface area contributed by atoms with Crippen LogP contribution in [0.15, 0.2) is 35.4 Å². The summed E-state index contributed by atoms with van der Waals surface area (Å²) in [6.07, 6.45) is -3.59. The van der Waals surface area contributed by atoms with E-state index in [4.69, 9.17) is 4.74 Å². The average molecular weight is 408 g/mol. The lowest BCUT2D eigenvalue weighted by Gasteiger charge is -2.11. The Labute approximate surface area is 163 Å². The summed E-state index contributed by atoms with van der Waals surface area (Å²) in [6.45, 7) is 1.58. The monoisotopic (exact) mass is 408 g/mol. The number of aromatic nitrogens is 4. The predicted octanol–water partition coefficient (Wildman–Crippen LogP) is 3.80. The lowest BCUT2D eigenvalue weighted by molar-refractivity contribution is -0.141. The molecular formula is C18H16F4N6O. The zero-order valence-corrected chi connectivity index (χ0v) is 15.6. The molecule has 1 aromatic carbocycles. The van der Waals surface area contributed by atoms with Crippen LogP contribution in [0.3, 0.4) is 0 Å². The van der Waals surface area contributed by atoms with Gasteiger partial charge in [-0.3, -0.25) is 0 Å². The van der Waals surface area contributed by atoms with Gasteiger partial charge in [-0.1, -0.05) is 12.1 Å². The second-order valence-electron chi connectivity index (χ2n) is 5.98. The number of aryl methyl sites for hydroxylation is 2. The van der Waals surface area contributed by atoms with Gasteiger partial charge in [0.05, 0.1) is 30.3 Å². The molecule has 0 atom stereocenters. The molecule has 0 fully saturated rings. The van der Waals surface area contributed by atoms with Crippen molar-refractivity contribution >= 4 is 12.2 Å². The molecule has 0 bridgehead atoms. The minimum Gasteiger partial charge on any atom is -0.497 e. The third-order valence-corrected chi connectivity index (χ3v) is 3.94. The number of benzene rings is 1. The van der Waals surface area contributed by atoms with Crippen molar-refractivity contribution in [1.82, 2.24) is 19.7 Å². The van der Waals surface area contributed by atoms with Gasteiger partial charge in [-0.15, -0.1) is 0 Å². The van der Waals surface area contributed by atoms with Crippen LogP contribution in [-0.4, -0.2) is 33.1 Å². The van der Waals surface area contributed by atoms with Crippen molar-refractivity contribution in [3.63, 3.8) is 0 Å². The Balaban J connectivity index is 1.96. The van der Waals surface area contributed by atoms with Crippen molar-refractivity contribution in [3.8, 4) is 17.0 Å². The first-order valence-electron chi connectivity index (χ1n) is 8.28. The smallest absolute Gasteiger partial charge is 0.433 e. The molecule has 0 amide bonds. The van der Waals surface area contributed by atoms with Gasteiger partial charge in [0.15, 0.2) is 5.69 Å². The third-order valence-electron chi connectivity index (χ3n) is 3.94. The molecule has 2 aromatic heterocycles. The van der Waals surface area contributed by atoms with Crippen molar-refractivity contribution in [1.29, 1.82) is 0 Å². The average Bonchev–Trinajstić information content (AvgIpc) is 2.93. The first-order chi connectivity index (χ1) is 13.7. The highest BCUT2D eigenvalue weighted by Crippen LogP contribution is 2.32. The van der Waals surface area contributed by atoms with Gasteiger partial charge >= 0.3 is 6.18 Å². The van der Waals surface area contributed by atoms with Gasteiger partial charge in [0.2, 0.25) is 11.9 Å². The number of alkyl halides is 3. The molecule has 0 radical (unpaired) electrons. The van der Waals surface area contributed by atoms with E-state index in [-0.39, 0.29) is 11.3 Å². The molecule has 0 aliphatic heterocycles. The molecule has 3 aromatic rings. The maximum absolute atomic E-state index is 13.9. The summed E-state index contributed by atoms with van der Waals surface area (Å²) in [7, 11) is 2.87. The van der Waals surface area contributed by atoms with Crippen LogP contribution < -0.4 is 10.2 Å². The SMILES string of the molecule is COc1cccc(-c2cc(C(F)(F)F)nc(N/N=C/c3c(C)nn(C)c3F)n2)c1. The molecule has 0 spiro atoms. The molecule has 29 heavy (non-hydrogen) atoms. The van der Waals surface area contributed by atoms with Gasteiger partial charge in [0.25, 0.3) is 0 Å². The molecule has 0 saturated carbocycles. The zero-order chi connectivity index (χ0) is 21.2. The highest BCUT2D eigenvalue weighted by molar-refractivity contribution is 5.81. The van der Waals surface area contributed by atoms with Crippen molar-refractivity contribution < 1.29 is 22.3 Å². The number of anilines is 1. The number of hydrogen-bond donors (Lipinski definition) is 1. The highest BCUT2D eigenvalue weighted by Gasteiger charge is 2.34. The molecule has 0 unspecified atom stereocenters. The molecule has 152 valence electrons. The first-order valence-corrected chi connectivity index (χ1v) is 8.28. The number of nitrogens with zero attached hydrogens (tertiary/aromatic N) is 5. The van der Waals surface area contributed by atoms with Crippen LogP contribution in [0.5, 0.6) is 5.75 Å². The van der Waals surface area contributed by atoms with E-state index in [0.29, 0.717) is 17.0 Å². The lowest BCUT2D eigenvalue weighted by atomic mass is 10.1. The first kappa shape index (κ1) is 20.2. The highest BCUT2D eigenvalue weighted by atomic mass is 19.4. The van der Waals surface area contributed by atoms with E-state index < -0.39 is 23.8 Å². The van der Waals surface area contributed by atoms with E-state index in [1.54, 1.807) is 31.2 Å². The van der Waals surface area contributed by atoms with E-state index in [2.05, 4.69) is 25.6 Å². The van der Waals surface area contributed by atoms with Crippen LogP contribution in [0.2, 0.25) is 0 Å². The quantitative estimate of drug-likeness (QED) is 0.395. The Morgan fingerprint density at radius 1 is 1.21 bits per heavy atom. The number of rotatable bonds is 5. The number of halogens is 4. The fraction of sp³-hybridized carbons (Fsp3) is 0.222. The Hall–Kier alpha value is -3.50. The Morgan fingerprint density at radius 2 is 1.97 bits per heavy atom. The lowest BCUT2D eigenvalue weighted by Crippen LogP contribution is -2.11. The molecule has 3 rings (SSSR count). The van der Waals surface area contributed by atoms with Gasteiger partial charge < -0.3 is 4.74 Å². The molecule has 0 aliphatic carbocycles. The fourth-order valence-electron chi connectivity index (χ4n) is 2.52. The van der Waals surface area contributed by atoms with Crippen LogP contribution >= 0.6 is 0 Å². The molecule has 0 saturated heterocycles. The zero-order valence-electron chi connectivity index (χ0n) is 15.6. The van der Waals surface area contributed by atoms with Gasteiger partial charge in [0, 0.05) is 12.6 Å². The van der Waals surface area contributed by atoms with E-state index >= 15 is 0 Å². The van der Waals surface area contributed by atoms with Gasteiger partial charge in [-0.05, 0) is 25.1 Å². The summed E-state index contributed by atoms with van der Waals surface area (Å²) in [4.78, 5) is 7.51. The van der Waals surface area contributed by atoms with Crippen molar-refractivity contribution in [2.75, 3.05) is 12.5 Å². The molecule has 11 heteroatoms. The Morgan fingerprint density at radius 3 is 2.59 bits per heavy atom. The minimum absolute atomic E-state index is 0.0210. The van der Waals surface area contributed by atoms with Crippen molar-refractivity contribution in [2.24, 2.45) is 12.1 Å². The van der Waals surface area contributed by atoms with Gasteiger partial charge in [0.1, 0.15) is 5.75 Å². The molecule has 1 N–H and O–H groups in total. The molecular weight excluding hydrogens is 392 g/mol. The number of hydrazone groups is 1. The number of hydrogen-bond acceptors (Lipinski definition) is 6. The topological polar surface area (TPSA) is 77.2 Å². The summed E-state index contributed by atoms with van der Waals surface area (Å²) < 4.78 is 59.8. The number of nitrogens with one attached hydrogen (secondary N) is 1. The van der Waals surface area contributed by atoms with Crippen LogP contribution in [-0.2, 0) is 13.2 Å². The summed E-state index contributed by atoms with van der Waals surface area (Å²) in [6, 6.07) is 7.25. The van der Waals surface area contributed by atoms with E-state index in [1.165, 1.54) is 14.2 Å². The fourth-order valence-corrected chi connectivity index (χ4v) is 2.52. The Kier molecular flexibility index (Phi) is 5.48. The van der Waals surface area contributed by atoms with E-state index in [9.17, 15) is 17.6 Å². The van der Waals surface area contributed by atoms with Gasteiger partial charge in [-0.25, -0.2) is 20.1 Å². The van der Waals surface area contributed by atoms with Gasteiger partial charge in [-0.2, -0.15) is 27.8 Å². The maximum Gasteiger partial charge on any atom is 0.433 e. The van der Waals surface area contributed by atoms with Crippen LogP contribution in [0.25, 0.3) is 11.3 Å². The second kappa shape index (κ2) is 7.86. The summed E-state index contributed by atoms with van der Waals surface area (Å²) in [5.74, 6) is -0.560. The third kappa shape index (κ3) is 4.50. The van der Waals surface area contributed by atoms with Crippen molar-refractivity contribution in [3.05, 3.63) is 53.2 Å². The minimum atomic E-state index is -4.69. The van der Waals surface area contributed by atoms with Crippen LogP contribution in [0, 0.1) is 12.9 Å². The summed E-state index contributed by atoms with van der Waals surface area (Å²) in [5.41, 5.74) is 2.07.